The molecular formula is C84H112N20O19S. The average Bonchev–Trinajstić information content (AvgIpc) is 1.69. The number of thioether (sulfide) groups is 1. The summed E-state index contributed by atoms with van der Waals surface area (Å²) in [6, 6.07) is 17.1. The van der Waals surface area contributed by atoms with Gasteiger partial charge in [-0.15, -0.1) is 0 Å². The zero-order valence-electron chi connectivity index (χ0n) is 69.2. The Morgan fingerprint density at radius 3 is 1.84 bits per heavy atom. The average molecular weight is 1740 g/mol. The quantitative estimate of drug-likeness (QED) is 0.0167. The fourth-order valence-corrected chi connectivity index (χ4v) is 14.6. The van der Waals surface area contributed by atoms with Crippen LogP contribution < -0.4 is 108 Å². The number of hydrogen-bond acceptors (Lipinski definition) is 22. The van der Waals surface area contributed by atoms with E-state index in [4.69, 9.17) is 39.1 Å². The highest BCUT2D eigenvalue weighted by Crippen LogP contribution is 2.24. The first-order chi connectivity index (χ1) is 59.1. The molecule has 12 atom stereocenters. The van der Waals surface area contributed by atoms with Crippen molar-refractivity contribution in [2.45, 2.75) is 189 Å². The van der Waals surface area contributed by atoms with Crippen molar-refractivity contribution in [3.05, 3.63) is 150 Å². The SMILES string of the molecule is CC(=O)N[C@H]1CCSC[C@@H](C(=O)N[C@@H](Cc2ccc(OCCN)cc2)C(=O)N[C@@H](Cc2ccc3ccccc3c2)C(=O)N[C@@](C)(CCCCN)C(=O)N[C@@H](CCCCNC(=O)c2ccccc2)C(=O)N[C@@H](CC(N)=O)C(=O)NCC(N)=O)NC(=O)[C@H](CCC(N)=O)NC(=O)[C@H](Cc2c[nH]c3ccccc23)NC(=O)[C@H]([C@@H](C)O)NC(=O)[C@H](CCC(N)=O)NC1=O. The van der Waals surface area contributed by atoms with Crippen LogP contribution in [0.5, 0.6) is 5.75 Å². The van der Waals surface area contributed by atoms with E-state index in [9.17, 15) is 57.8 Å². The number of aromatic nitrogens is 1. The number of rotatable bonds is 42. The van der Waals surface area contributed by atoms with E-state index in [1.54, 1.807) is 109 Å². The second-order valence-electron chi connectivity index (χ2n) is 30.3. The predicted molar refractivity (Wildman–Crippen MR) is 458 cm³/mol. The number of H-pyrrole nitrogens is 1. The van der Waals surface area contributed by atoms with Crippen LogP contribution in [0.1, 0.15) is 125 Å². The smallest absolute Gasteiger partial charge is 0.251 e. The molecule has 0 radical (unpaired) electrons. The number of amides is 17. The summed E-state index contributed by atoms with van der Waals surface area (Å²) >= 11 is 0.928. The first-order valence-electron chi connectivity index (χ1n) is 40.6. The van der Waals surface area contributed by atoms with Crippen molar-refractivity contribution in [1.82, 2.24) is 74.1 Å². The molecular weight excluding hydrogens is 1630 g/mol. The van der Waals surface area contributed by atoms with E-state index in [1.807, 2.05) is 18.2 Å². The lowest BCUT2D eigenvalue weighted by atomic mass is 9.91. The van der Waals surface area contributed by atoms with Crippen LogP contribution in [0.25, 0.3) is 21.7 Å². The molecule has 1 saturated heterocycles. The number of nitrogens with two attached hydrogens (primary N) is 6. The first kappa shape index (κ1) is 98.0. The molecule has 1 aromatic heterocycles. The van der Waals surface area contributed by atoms with Gasteiger partial charge in [-0.2, -0.15) is 11.8 Å². The Morgan fingerprint density at radius 1 is 0.581 bits per heavy atom. The molecule has 27 N–H and O–H groups in total. The molecule has 124 heavy (non-hydrogen) atoms. The molecule has 2 heterocycles. The number of fused-ring (bicyclic) bond motifs is 2. The Bertz CT molecular complexity index is 4770. The van der Waals surface area contributed by atoms with E-state index in [1.165, 1.54) is 6.92 Å². The third kappa shape index (κ3) is 31.7. The maximum atomic E-state index is 15.8. The summed E-state index contributed by atoms with van der Waals surface area (Å²) in [5.41, 5.74) is 34.0. The molecule has 17 amide bonds. The van der Waals surface area contributed by atoms with Crippen LogP contribution in [-0.2, 0) is 96.0 Å². The lowest BCUT2D eigenvalue weighted by Gasteiger charge is -2.34. The molecule has 1 aliphatic heterocycles. The minimum atomic E-state index is -2.02. The summed E-state index contributed by atoms with van der Waals surface area (Å²) in [4.78, 5) is 242. The Hall–Kier alpha value is -13.1. The highest BCUT2D eigenvalue weighted by molar-refractivity contribution is 7.99. The molecule has 0 saturated carbocycles. The summed E-state index contributed by atoms with van der Waals surface area (Å²) < 4.78 is 5.74. The molecule has 1 fully saturated rings. The molecule has 5 aromatic carbocycles. The number of aromatic amines is 1. The number of benzene rings is 5. The van der Waals surface area contributed by atoms with Gasteiger partial charge in [0.05, 0.1) is 19.1 Å². The minimum absolute atomic E-state index is 0.0952. The Labute approximate surface area is 719 Å². The number of carbonyl (C=O) groups is 17. The molecule has 39 nitrogen and oxygen atoms in total. The van der Waals surface area contributed by atoms with Crippen molar-refractivity contribution in [2.24, 2.45) is 34.4 Å². The van der Waals surface area contributed by atoms with E-state index in [0.29, 0.717) is 50.7 Å². The third-order valence-corrected chi connectivity index (χ3v) is 21.3. The third-order valence-electron chi connectivity index (χ3n) is 20.2. The molecule has 668 valence electrons. The topological polar surface area (TPSA) is 648 Å². The van der Waals surface area contributed by atoms with Crippen LogP contribution in [-0.4, -0.2) is 227 Å². The summed E-state index contributed by atoms with van der Waals surface area (Å²) in [7, 11) is 0. The van der Waals surface area contributed by atoms with Gasteiger partial charge in [-0.25, -0.2) is 0 Å². The highest BCUT2D eigenvalue weighted by atomic mass is 32.2. The Balaban J connectivity index is 1.30. The van der Waals surface area contributed by atoms with E-state index >= 15 is 28.8 Å². The van der Waals surface area contributed by atoms with Crippen LogP contribution in [0, 0.1) is 0 Å². The molecule has 6 aromatic rings. The maximum Gasteiger partial charge on any atom is 0.251 e. The van der Waals surface area contributed by atoms with Crippen molar-refractivity contribution in [2.75, 3.05) is 44.3 Å². The van der Waals surface area contributed by atoms with Crippen molar-refractivity contribution in [1.29, 1.82) is 0 Å². The molecule has 0 spiro atoms. The van der Waals surface area contributed by atoms with Gasteiger partial charge in [0, 0.05) is 80.5 Å². The highest BCUT2D eigenvalue weighted by Gasteiger charge is 2.42. The Kier molecular flexibility index (Phi) is 38.8. The maximum absolute atomic E-state index is 15.8. The second kappa shape index (κ2) is 49.1. The summed E-state index contributed by atoms with van der Waals surface area (Å²) in [6.45, 7) is 3.40. The van der Waals surface area contributed by atoms with E-state index in [0.717, 1.165) is 31.0 Å². The van der Waals surface area contributed by atoms with Gasteiger partial charge in [0.25, 0.3) is 5.91 Å². The predicted octanol–water partition coefficient (Wildman–Crippen LogP) is -3.32. The number of aliphatic hydroxyl groups is 1. The fraction of sp³-hybridized carbons (Fsp3) is 0.440. The molecule has 7 rings (SSSR count). The zero-order valence-corrected chi connectivity index (χ0v) is 70.0. The fourth-order valence-electron chi connectivity index (χ4n) is 13.5. The zero-order chi connectivity index (χ0) is 90.6. The number of carbonyl (C=O) groups excluding carboxylic acids is 17. The van der Waals surface area contributed by atoms with Crippen LogP contribution in [0.3, 0.4) is 0 Å². The van der Waals surface area contributed by atoms with Crippen LogP contribution in [0.4, 0.5) is 0 Å². The van der Waals surface area contributed by atoms with Gasteiger partial charge in [0.2, 0.25) is 94.5 Å². The number of ether oxygens (including phenoxy) is 1. The lowest BCUT2D eigenvalue weighted by molar-refractivity contribution is -0.138. The van der Waals surface area contributed by atoms with Crippen molar-refractivity contribution >= 4 is 134 Å². The normalized spacial score (nSPS) is 18.4. The number of nitrogens with one attached hydrogen (secondary N) is 14. The van der Waals surface area contributed by atoms with Gasteiger partial charge in [-0.1, -0.05) is 91.0 Å². The van der Waals surface area contributed by atoms with Gasteiger partial charge < -0.3 is 118 Å². The first-order valence-corrected chi connectivity index (χ1v) is 41.8. The number of hydrogen-bond donors (Lipinski definition) is 21. The second-order valence-corrected chi connectivity index (χ2v) is 31.4. The van der Waals surface area contributed by atoms with Crippen molar-refractivity contribution in [3.63, 3.8) is 0 Å². The molecule has 0 aliphatic carbocycles. The molecule has 40 heteroatoms. The number of unbranched alkanes of at least 4 members (excludes halogenated alkanes) is 2. The van der Waals surface area contributed by atoms with Gasteiger partial charge in [0.1, 0.15) is 78.3 Å². The van der Waals surface area contributed by atoms with Crippen molar-refractivity contribution in [3.8, 4) is 5.75 Å². The summed E-state index contributed by atoms with van der Waals surface area (Å²) in [5.74, 6) is -16.8. The van der Waals surface area contributed by atoms with E-state index in [2.05, 4.69) is 74.1 Å². The largest absolute Gasteiger partial charge is 0.492 e. The summed E-state index contributed by atoms with van der Waals surface area (Å²) in [5, 5.41) is 47.0. The standard InChI is InChI=1S/C84H112N20O19S/c1-47(105)71-82(121)100-64(42-54-44-92-57-20-10-9-19-56(54)57)79(118)96-59(28-30-67(87)107)75(114)101-66(46-124-38-32-61(94-48(2)106)76(115)95-60(77(116)103-71)29-31-68(88)108)80(119)97-62(40-49-23-26-55(27-24-49)123-37-35-86)78(117)98-63(41-50-22-25-51-15-7-8-18-53(51)39-50)81(120)104-84(3,33-12-13-34-85)83(122)102-58(21-11-14-36-91-72(111)52-16-5-4-6-17-52)74(113)99-65(43-69(89)109)73(112)93-45-70(90)110/h4-10,15-20,22-27,39,44,47,58-66,71,92,105H,11-14,21,28-38,40-43,45-46,85-86H2,1-3H3,(H2,87,107)(H2,88,108)(H2,89,109)(H2,90,110)(H,91,111)(H,93,112)(H,94,106)(H,95,115)(H,96,118)(H,97,119)(H,98,117)(H,99,113)(H,100,121)(H,101,114)(H,102,122)(H,103,116)(H,104,120)/t47-,58+,59+,60+,61+,62+,63+,64+,65+,66+,71+,84+/m1/s1. The summed E-state index contributed by atoms with van der Waals surface area (Å²) in [6.07, 6.45) is -3.85. The monoisotopic (exact) mass is 1740 g/mol. The van der Waals surface area contributed by atoms with Gasteiger partial charge >= 0.3 is 0 Å². The minimum Gasteiger partial charge on any atom is -0.492 e. The van der Waals surface area contributed by atoms with Crippen molar-refractivity contribution < 1.29 is 91.4 Å². The van der Waals surface area contributed by atoms with Gasteiger partial charge in [-0.05, 0) is 142 Å². The Morgan fingerprint density at radius 2 is 1.19 bits per heavy atom. The van der Waals surface area contributed by atoms with Gasteiger partial charge in [0.15, 0.2) is 0 Å². The van der Waals surface area contributed by atoms with Gasteiger partial charge in [-0.3, -0.25) is 81.5 Å². The number of aliphatic hydroxyl groups excluding tert-OH is 1. The van der Waals surface area contributed by atoms with E-state index < -0.39 is 217 Å². The van der Waals surface area contributed by atoms with Crippen LogP contribution in [0.2, 0.25) is 0 Å². The number of primary amides is 4. The molecule has 0 bridgehead atoms. The van der Waals surface area contributed by atoms with E-state index in [-0.39, 0.29) is 89.8 Å². The number of para-hydroxylation sites is 1. The lowest BCUT2D eigenvalue weighted by Crippen LogP contribution is -2.64. The van der Waals surface area contributed by atoms with Crippen LogP contribution in [0.15, 0.2) is 128 Å². The van der Waals surface area contributed by atoms with Crippen LogP contribution >= 0.6 is 11.8 Å². The molecule has 0 unspecified atom stereocenters. The molecule has 1 aliphatic rings.